The molecule has 148 valence electrons. The minimum atomic E-state index is -0.343. The van der Waals surface area contributed by atoms with E-state index in [0.717, 1.165) is 16.8 Å². The van der Waals surface area contributed by atoms with Crippen LogP contribution in [0.3, 0.4) is 0 Å². The van der Waals surface area contributed by atoms with Crippen molar-refractivity contribution in [3.63, 3.8) is 0 Å². The third kappa shape index (κ3) is 5.94. The van der Waals surface area contributed by atoms with Crippen molar-refractivity contribution in [2.45, 2.75) is 33.2 Å². The van der Waals surface area contributed by atoms with Gasteiger partial charge in [-0.15, -0.1) is 0 Å². The molecule has 2 aromatic rings. The first-order valence-electron chi connectivity index (χ1n) is 9.24. The van der Waals surface area contributed by atoms with Gasteiger partial charge in [-0.1, -0.05) is 36.4 Å². The lowest BCUT2D eigenvalue weighted by Crippen LogP contribution is -2.40. The number of amides is 3. The second kappa shape index (κ2) is 9.69. The Hall–Kier alpha value is -3.15. The molecule has 1 unspecified atom stereocenters. The molecule has 3 amide bonds. The summed E-state index contributed by atoms with van der Waals surface area (Å²) in [6.07, 6.45) is 0.117. The Kier molecular flexibility index (Phi) is 7.32. The topological polar surface area (TPSA) is 78.5 Å². The number of benzene rings is 2. The summed E-state index contributed by atoms with van der Waals surface area (Å²) in [5.74, 6) is -0.692. The molecular weight excluding hydrogens is 354 g/mol. The maximum absolute atomic E-state index is 12.4. The predicted molar refractivity (Wildman–Crippen MR) is 110 cm³/mol. The molecule has 0 aliphatic carbocycles. The van der Waals surface area contributed by atoms with Gasteiger partial charge in [-0.05, 0) is 44.0 Å². The Labute approximate surface area is 165 Å². The van der Waals surface area contributed by atoms with Gasteiger partial charge >= 0.3 is 0 Å². The van der Waals surface area contributed by atoms with Crippen molar-refractivity contribution in [2.75, 3.05) is 18.9 Å². The molecule has 0 fully saturated rings. The van der Waals surface area contributed by atoms with E-state index in [1.807, 2.05) is 38.1 Å². The molecule has 0 bridgehead atoms. The zero-order chi connectivity index (χ0) is 20.7. The number of para-hydroxylation sites is 1. The highest BCUT2D eigenvalue weighted by atomic mass is 16.2. The van der Waals surface area contributed by atoms with Crippen LogP contribution in [0.2, 0.25) is 0 Å². The summed E-state index contributed by atoms with van der Waals surface area (Å²) in [5, 5.41) is 5.67. The fraction of sp³-hybridized carbons (Fsp3) is 0.318. The average Bonchev–Trinajstić information content (AvgIpc) is 2.65. The number of anilines is 1. The van der Waals surface area contributed by atoms with E-state index in [9.17, 15) is 14.4 Å². The van der Waals surface area contributed by atoms with E-state index >= 15 is 0 Å². The molecule has 0 heterocycles. The van der Waals surface area contributed by atoms with Crippen LogP contribution in [0.15, 0.2) is 48.5 Å². The number of nitrogens with one attached hydrogen (secondary N) is 2. The number of carbonyl (C=O) groups is 3. The molecule has 0 saturated carbocycles. The monoisotopic (exact) mass is 381 g/mol. The fourth-order valence-electron chi connectivity index (χ4n) is 2.86. The second-order valence-corrected chi connectivity index (χ2v) is 7.01. The van der Waals surface area contributed by atoms with E-state index in [2.05, 4.69) is 10.6 Å². The van der Waals surface area contributed by atoms with E-state index in [4.69, 9.17) is 0 Å². The number of rotatable bonds is 7. The molecule has 2 rings (SSSR count). The predicted octanol–water partition coefficient (Wildman–Crippen LogP) is 2.91. The van der Waals surface area contributed by atoms with Gasteiger partial charge in [-0.25, -0.2) is 0 Å². The van der Waals surface area contributed by atoms with Gasteiger partial charge in [0.15, 0.2) is 0 Å². The smallest absolute Gasteiger partial charge is 0.251 e. The lowest BCUT2D eigenvalue weighted by molar-refractivity contribution is -0.133. The maximum Gasteiger partial charge on any atom is 0.251 e. The van der Waals surface area contributed by atoms with E-state index in [1.165, 1.54) is 4.90 Å². The Balaban J connectivity index is 1.84. The zero-order valence-corrected chi connectivity index (χ0v) is 16.8. The van der Waals surface area contributed by atoms with Crippen molar-refractivity contribution < 1.29 is 14.4 Å². The number of hydrogen-bond donors (Lipinski definition) is 2. The molecule has 2 N–H and O–H groups in total. The SMILES string of the molecule is Cc1cccc(C)c1NC(=O)CN(C)C(=O)CC(C)NC(=O)c1ccccc1. The third-order valence-corrected chi connectivity index (χ3v) is 4.45. The quantitative estimate of drug-likeness (QED) is 0.774. The summed E-state index contributed by atoms with van der Waals surface area (Å²) in [5.41, 5.74) is 3.26. The van der Waals surface area contributed by atoms with Gasteiger partial charge in [0.25, 0.3) is 5.91 Å². The number of carbonyl (C=O) groups excluding carboxylic acids is 3. The van der Waals surface area contributed by atoms with Crippen LogP contribution in [0.25, 0.3) is 0 Å². The van der Waals surface area contributed by atoms with Crippen molar-refractivity contribution in [1.29, 1.82) is 0 Å². The van der Waals surface area contributed by atoms with Crippen molar-refractivity contribution >= 4 is 23.4 Å². The van der Waals surface area contributed by atoms with E-state index < -0.39 is 0 Å². The van der Waals surface area contributed by atoms with Crippen LogP contribution in [-0.4, -0.2) is 42.3 Å². The van der Waals surface area contributed by atoms with E-state index in [-0.39, 0.29) is 36.7 Å². The molecule has 0 aromatic heterocycles. The van der Waals surface area contributed by atoms with Gasteiger partial charge < -0.3 is 15.5 Å². The molecule has 0 spiro atoms. The second-order valence-electron chi connectivity index (χ2n) is 7.01. The molecule has 1 atom stereocenters. The van der Waals surface area contributed by atoms with Crippen molar-refractivity contribution in [3.8, 4) is 0 Å². The minimum absolute atomic E-state index is 0.0496. The van der Waals surface area contributed by atoms with Gasteiger partial charge in [0.05, 0.1) is 6.54 Å². The Morgan fingerprint density at radius 3 is 2.18 bits per heavy atom. The first kappa shape index (κ1) is 21.2. The lowest BCUT2D eigenvalue weighted by atomic mass is 10.1. The minimum Gasteiger partial charge on any atom is -0.349 e. The molecule has 6 heteroatoms. The maximum atomic E-state index is 12.4. The molecule has 6 nitrogen and oxygen atoms in total. The Morgan fingerprint density at radius 2 is 1.57 bits per heavy atom. The van der Waals surface area contributed by atoms with Crippen LogP contribution in [0.4, 0.5) is 5.69 Å². The molecule has 0 aliphatic rings. The van der Waals surface area contributed by atoms with Crippen LogP contribution in [0.1, 0.15) is 34.8 Å². The molecule has 0 aliphatic heterocycles. The summed E-state index contributed by atoms with van der Waals surface area (Å²) in [6, 6.07) is 14.3. The van der Waals surface area contributed by atoms with Gasteiger partial charge in [-0.3, -0.25) is 14.4 Å². The van der Waals surface area contributed by atoms with Crippen molar-refractivity contribution in [3.05, 3.63) is 65.2 Å². The van der Waals surface area contributed by atoms with Gasteiger partial charge in [-0.2, -0.15) is 0 Å². The number of aryl methyl sites for hydroxylation is 2. The number of nitrogens with zero attached hydrogens (tertiary/aromatic N) is 1. The van der Waals surface area contributed by atoms with Crippen LogP contribution < -0.4 is 10.6 Å². The van der Waals surface area contributed by atoms with Gasteiger partial charge in [0, 0.05) is 30.8 Å². The van der Waals surface area contributed by atoms with Gasteiger partial charge in [0.1, 0.15) is 0 Å². The van der Waals surface area contributed by atoms with Crippen LogP contribution in [-0.2, 0) is 9.59 Å². The van der Waals surface area contributed by atoms with E-state index in [0.29, 0.717) is 5.56 Å². The normalized spacial score (nSPS) is 11.4. The molecule has 2 aromatic carbocycles. The molecule has 0 radical (unpaired) electrons. The van der Waals surface area contributed by atoms with Crippen molar-refractivity contribution in [1.82, 2.24) is 10.2 Å². The summed E-state index contributed by atoms with van der Waals surface area (Å²) in [7, 11) is 1.58. The van der Waals surface area contributed by atoms with Gasteiger partial charge in [0.2, 0.25) is 11.8 Å². The standard InChI is InChI=1S/C22H27N3O3/c1-15-9-8-10-16(2)21(15)24-19(26)14-25(4)20(27)13-17(3)23-22(28)18-11-6-5-7-12-18/h5-12,17H,13-14H2,1-4H3,(H,23,28)(H,24,26). The Bertz CT molecular complexity index is 829. The average molecular weight is 381 g/mol. The lowest BCUT2D eigenvalue weighted by Gasteiger charge is -2.20. The molecule has 0 saturated heterocycles. The largest absolute Gasteiger partial charge is 0.349 e. The van der Waals surface area contributed by atoms with Crippen molar-refractivity contribution in [2.24, 2.45) is 0 Å². The summed E-state index contributed by atoms with van der Waals surface area (Å²) < 4.78 is 0. The zero-order valence-electron chi connectivity index (χ0n) is 16.8. The molecular formula is C22H27N3O3. The first-order chi connectivity index (χ1) is 13.3. The fourth-order valence-corrected chi connectivity index (χ4v) is 2.86. The van der Waals surface area contributed by atoms with Crippen LogP contribution in [0.5, 0.6) is 0 Å². The molecule has 28 heavy (non-hydrogen) atoms. The van der Waals surface area contributed by atoms with Crippen LogP contribution in [0, 0.1) is 13.8 Å². The van der Waals surface area contributed by atoms with Crippen LogP contribution >= 0.6 is 0 Å². The Morgan fingerprint density at radius 1 is 0.964 bits per heavy atom. The third-order valence-electron chi connectivity index (χ3n) is 4.45. The first-order valence-corrected chi connectivity index (χ1v) is 9.24. The number of likely N-dealkylation sites (N-methyl/N-ethyl adjacent to an activating group) is 1. The summed E-state index contributed by atoms with van der Waals surface area (Å²) in [6.45, 7) is 5.57. The highest BCUT2D eigenvalue weighted by Gasteiger charge is 2.18. The summed E-state index contributed by atoms with van der Waals surface area (Å²) >= 11 is 0. The van der Waals surface area contributed by atoms with E-state index in [1.54, 1.807) is 38.2 Å². The highest BCUT2D eigenvalue weighted by molar-refractivity contribution is 5.96. The number of hydrogen-bond acceptors (Lipinski definition) is 3. The summed E-state index contributed by atoms with van der Waals surface area (Å²) in [4.78, 5) is 38.2. The highest BCUT2D eigenvalue weighted by Crippen LogP contribution is 2.19.